The molecule has 3 fully saturated rings. The summed E-state index contributed by atoms with van der Waals surface area (Å²) in [5, 5.41) is 2.31. The molecule has 0 aromatic heterocycles. The molecule has 1 unspecified atom stereocenters. The third-order valence-electron chi connectivity index (χ3n) is 8.79. The number of fused-ring (bicyclic) bond motifs is 1. The van der Waals surface area contributed by atoms with Crippen LogP contribution in [0.15, 0.2) is 12.1 Å². The summed E-state index contributed by atoms with van der Waals surface area (Å²) < 4.78 is 20.7. The molecule has 1 aromatic rings. The van der Waals surface area contributed by atoms with Gasteiger partial charge >= 0.3 is 6.09 Å². The van der Waals surface area contributed by atoms with Crippen LogP contribution < -0.4 is 5.32 Å². The predicted octanol–water partition coefficient (Wildman–Crippen LogP) is 3.80. The van der Waals surface area contributed by atoms with Crippen molar-refractivity contribution in [3.05, 3.63) is 34.6 Å². The molecular formula is C30H41FN4O5. The van der Waals surface area contributed by atoms with Crippen molar-refractivity contribution in [1.29, 1.82) is 0 Å². The van der Waals surface area contributed by atoms with E-state index in [1.807, 2.05) is 31.7 Å². The Morgan fingerprint density at radius 2 is 1.73 bits per heavy atom. The maximum Gasteiger partial charge on any atom is 0.410 e. The lowest BCUT2D eigenvalue weighted by Crippen LogP contribution is -2.52. The predicted molar refractivity (Wildman–Crippen MR) is 146 cm³/mol. The molecule has 0 bridgehead atoms. The second-order valence-electron chi connectivity index (χ2n) is 12.7. The first-order valence-corrected chi connectivity index (χ1v) is 14.7. The molecule has 3 saturated heterocycles. The van der Waals surface area contributed by atoms with E-state index in [-0.39, 0.29) is 42.6 Å². The quantitative estimate of drug-likeness (QED) is 0.554. The fourth-order valence-corrected chi connectivity index (χ4v) is 6.48. The standard InChI is InChI=1S/C30H41FN4O5/c1-30(2,3)40-29(39)34-14-7-19(8-15-34)6-11-33-12-9-20(10-13-33)22-16-21-18-35(28(38)23(21)17-24(22)31)25-4-5-26(36)32-27(25)37/h16-17,19-20,25H,4-15,18H2,1-3H3,(H,32,36,37). The highest BCUT2D eigenvalue weighted by atomic mass is 19.1. The lowest BCUT2D eigenvalue weighted by molar-refractivity contribution is -0.136. The van der Waals surface area contributed by atoms with Crippen LogP contribution in [0.5, 0.6) is 0 Å². The van der Waals surface area contributed by atoms with E-state index in [9.17, 15) is 19.2 Å². The highest BCUT2D eigenvalue weighted by molar-refractivity contribution is 6.05. The number of hydrogen-bond acceptors (Lipinski definition) is 6. The van der Waals surface area contributed by atoms with Crippen molar-refractivity contribution in [3.63, 3.8) is 0 Å². The Kier molecular flexibility index (Phi) is 8.17. The Balaban J connectivity index is 1.10. The van der Waals surface area contributed by atoms with E-state index < -0.39 is 17.6 Å². The van der Waals surface area contributed by atoms with Gasteiger partial charge in [-0.3, -0.25) is 19.7 Å². The van der Waals surface area contributed by atoms with Crippen LogP contribution in [-0.4, -0.2) is 82.9 Å². The van der Waals surface area contributed by atoms with Gasteiger partial charge in [-0.2, -0.15) is 0 Å². The molecule has 1 aromatic carbocycles. The Hall–Kier alpha value is -3.01. The third kappa shape index (κ3) is 6.32. The molecule has 218 valence electrons. The van der Waals surface area contributed by atoms with Crippen molar-refractivity contribution in [1.82, 2.24) is 20.0 Å². The lowest BCUT2D eigenvalue weighted by atomic mass is 9.87. The summed E-state index contributed by atoms with van der Waals surface area (Å²) in [6.07, 6.45) is 5.06. The number of benzene rings is 1. The maximum atomic E-state index is 15.2. The van der Waals surface area contributed by atoms with E-state index in [1.165, 1.54) is 11.0 Å². The van der Waals surface area contributed by atoms with Crippen molar-refractivity contribution >= 4 is 23.8 Å². The summed E-state index contributed by atoms with van der Waals surface area (Å²) in [4.78, 5) is 54.9. The monoisotopic (exact) mass is 556 g/mol. The van der Waals surface area contributed by atoms with Gasteiger partial charge < -0.3 is 19.4 Å². The van der Waals surface area contributed by atoms with Crippen LogP contribution in [0.2, 0.25) is 0 Å². The van der Waals surface area contributed by atoms with Crippen LogP contribution in [0.25, 0.3) is 0 Å². The first kappa shape index (κ1) is 28.5. The van der Waals surface area contributed by atoms with Gasteiger partial charge in [0.2, 0.25) is 11.8 Å². The van der Waals surface area contributed by atoms with E-state index in [4.69, 9.17) is 4.74 Å². The van der Waals surface area contributed by atoms with Gasteiger partial charge in [-0.15, -0.1) is 0 Å². The average Bonchev–Trinajstić information content (AvgIpc) is 3.21. The molecule has 4 aliphatic rings. The number of likely N-dealkylation sites (tertiary alicyclic amines) is 2. The number of hydrogen-bond donors (Lipinski definition) is 1. The molecule has 9 nitrogen and oxygen atoms in total. The molecule has 40 heavy (non-hydrogen) atoms. The van der Waals surface area contributed by atoms with E-state index in [1.54, 1.807) is 0 Å². The first-order valence-electron chi connectivity index (χ1n) is 14.7. The zero-order chi connectivity index (χ0) is 28.6. The third-order valence-corrected chi connectivity index (χ3v) is 8.79. The van der Waals surface area contributed by atoms with Gasteiger partial charge in [0.15, 0.2) is 0 Å². The highest BCUT2D eigenvalue weighted by Gasteiger charge is 2.40. The molecule has 4 aliphatic heterocycles. The number of carbonyl (C=O) groups excluding carboxylic acids is 4. The van der Waals surface area contributed by atoms with Gasteiger partial charge in [0.25, 0.3) is 5.91 Å². The molecule has 0 spiro atoms. The van der Waals surface area contributed by atoms with Crippen LogP contribution in [0.4, 0.5) is 9.18 Å². The zero-order valence-corrected chi connectivity index (χ0v) is 23.8. The molecule has 1 N–H and O–H groups in total. The maximum absolute atomic E-state index is 15.2. The number of carbonyl (C=O) groups is 4. The van der Waals surface area contributed by atoms with Crippen molar-refractivity contribution in [2.45, 2.75) is 89.8 Å². The Bertz CT molecular complexity index is 1170. The zero-order valence-electron chi connectivity index (χ0n) is 23.8. The summed E-state index contributed by atoms with van der Waals surface area (Å²) in [6, 6.07) is 2.47. The highest BCUT2D eigenvalue weighted by Crippen LogP contribution is 2.36. The number of nitrogens with one attached hydrogen (secondary N) is 1. The van der Waals surface area contributed by atoms with Crippen LogP contribution in [-0.2, 0) is 20.9 Å². The fraction of sp³-hybridized carbons (Fsp3) is 0.667. The lowest BCUT2D eigenvalue weighted by Gasteiger charge is -2.36. The number of ether oxygens (including phenoxy) is 1. The van der Waals surface area contributed by atoms with E-state index in [0.29, 0.717) is 23.5 Å². The molecule has 4 heterocycles. The second-order valence-corrected chi connectivity index (χ2v) is 12.7. The molecule has 0 saturated carbocycles. The number of amides is 4. The van der Waals surface area contributed by atoms with Crippen molar-refractivity contribution < 1.29 is 28.3 Å². The van der Waals surface area contributed by atoms with E-state index in [0.717, 1.165) is 70.4 Å². The number of imide groups is 1. The van der Waals surface area contributed by atoms with Crippen LogP contribution >= 0.6 is 0 Å². The van der Waals surface area contributed by atoms with Crippen LogP contribution in [0.3, 0.4) is 0 Å². The van der Waals surface area contributed by atoms with Gasteiger partial charge in [-0.25, -0.2) is 9.18 Å². The molecule has 1 atom stereocenters. The topological polar surface area (TPSA) is 99.3 Å². The van der Waals surface area contributed by atoms with Crippen molar-refractivity contribution in [2.24, 2.45) is 5.92 Å². The van der Waals surface area contributed by atoms with Crippen LogP contribution in [0, 0.1) is 11.7 Å². The number of piperidine rings is 3. The van der Waals surface area contributed by atoms with E-state index in [2.05, 4.69) is 10.2 Å². The molecule has 0 aliphatic carbocycles. The van der Waals surface area contributed by atoms with Gasteiger partial charge in [0.05, 0.1) is 0 Å². The Morgan fingerprint density at radius 1 is 1.02 bits per heavy atom. The van der Waals surface area contributed by atoms with Gasteiger partial charge in [-0.05, 0) is 108 Å². The van der Waals surface area contributed by atoms with Gasteiger partial charge in [0, 0.05) is 31.6 Å². The van der Waals surface area contributed by atoms with E-state index >= 15 is 4.39 Å². The molecular weight excluding hydrogens is 515 g/mol. The minimum atomic E-state index is -0.697. The number of rotatable bonds is 5. The molecule has 5 rings (SSSR count). The largest absolute Gasteiger partial charge is 0.444 e. The Morgan fingerprint density at radius 3 is 2.38 bits per heavy atom. The number of nitrogens with zero attached hydrogens (tertiary/aromatic N) is 3. The first-order chi connectivity index (χ1) is 19.0. The Labute approximate surface area is 235 Å². The average molecular weight is 557 g/mol. The summed E-state index contributed by atoms with van der Waals surface area (Å²) in [6.45, 7) is 10.2. The van der Waals surface area contributed by atoms with Crippen molar-refractivity contribution in [3.8, 4) is 0 Å². The molecule has 0 radical (unpaired) electrons. The summed E-state index contributed by atoms with van der Waals surface area (Å²) in [7, 11) is 0. The number of halogens is 1. The van der Waals surface area contributed by atoms with Gasteiger partial charge in [-0.1, -0.05) is 6.07 Å². The molecule has 10 heteroatoms. The summed E-state index contributed by atoms with van der Waals surface area (Å²) in [5.41, 5.74) is 1.26. The minimum absolute atomic E-state index is 0.0957. The summed E-state index contributed by atoms with van der Waals surface area (Å²) >= 11 is 0. The minimum Gasteiger partial charge on any atom is -0.444 e. The second kappa shape index (κ2) is 11.5. The SMILES string of the molecule is CC(C)(C)OC(=O)N1CCC(CCN2CCC(c3cc4c(cc3F)C(=O)N(C3CCC(=O)NC3=O)C4)CC2)CC1. The molecule has 4 amide bonds. The van der Waals surface area contributed by atoms with Crippen LogP contribution in [0.1, 0.15) is 93.1 Å². The normalized spacial score (nSPS) is 23.4. The smallest absolute Gasteiger partial charge is 0.410 e. The summed E-state index contributed by atoms with van der Waals surface area (Å²) in [5.74, 6) is -0.796. The fourth-order valence-electron chi connectivity index (χ4n) is 6.48. The van der Waals surface area contributed by atoms with Crippen molar-refractivity contribution in [2.75, 3.05) is 32.7 Å². The van der Waals surface area contributed by atoms with Gasteiger partial charge in [0.1, 0.15) is 17.5 Å².